The summed E-state index contributed by atoms with van der Waals surface area (Å²) in [6.07, 6.45) is 0. The predicted molar refractivity (Wildman–Crippen MR) is 111 cm³/mol. The Labute approximate surface area is 171 Å². The summed E-state index contributed by atoms with van der Waals surface area (Å²) < 4.78 is 25.2. The first-order valence-corrected chi connectivity index (χ1v) is 10.1. The van der Waals surface area contributed by atoms with Gasteiger partial charge in [0.2, 0.25) is 0 Å². The molecule has 1 fully saturated rings. The Bertz CT molecular complexity index is 891. The number of piperazine rings is 1. The molecule has 4 rings (SSSR count). The van der Waals surface area contributed by atoms with Gasteiger partial charge < -0.3 is 14.4 Å². The minimum atomic E-state index is -0.224. The molecule has 0 spiro atoms. The Hall–Kier alpha value is -2.60. The number of fused-ring (bicyclic) bond motifs is 1. The number of ketones is 1. The SMILES string of the molecule is CC1(C)COc2ccc(C(=O)CN3CCN(c4cccc(F)c4)CC3)cc2OC1. The minimum absolute atomic E-state index is 0.0649. The van der Waals surface area contributed by atoms with Crippen LogP contribution in [0.4, 0.5) is 10.1 Å². The highest BCUT2D eigenvalue weighted by Crippen LogP contribution is 2.34. The monoisotopic (exact) mass is 398 g/mol. The third-order valence-corrected chi connectivity index (χ3v) is 5.42. The van der Waals surface area contributed by atoms with Crippen molar-refractivity contribution in [1.82, 2.24) is 4.90 Å². The van der Waals surface area contributed by atoms with Crippen molar-refractivity contribution in [3.8, 4) is 11.5 Å². The lowest BCUT2D eigenvalue weighted by molar-refractivity contribution is 0.0926. The van der Waals surface area contributed by atoms with Gasteiger partial charge in [0.1, 0.15) is 5.82 Å². The van der Waals surface area contributed by atoms with Crippen molar-refractivity contribution in [2.45, 2.75) is 13.8 Å². The summed E-state index contributed by atoms with van der Waals surface area (Å²) in [6, 6.07) is 12.1. The molecule has 0 bridgehead atoms. The number of hydrogen-bond donors (Lipinski definition) is 0. The van der Waals surface area contributed by atoms with Gasteiger partial charge in [-0.25, -0.2) is 4.39 Å². The van der Waals surface area contributed by atoms with E-state index in [1.807, 2.05) is 18.2 Å². The number of halogens is 1. The molecule has 0 saturated carbocycles. The summed E-state index contributed by atoms with van der Waals surface area (Å²) in [6.45, 7) is 8.76. The van der Waals surface area contributed by atoms with Crippen molar-refractivity contribution in [3.05, 3.63) is 53.8 Å². The molecule has 154 valence electrons. The Morgan fingerprint density at radius 1 is 1.00 bits per heavy atom. The molecule has 1 saturated heterocycles. The summed E-state index contributed by atoms with van der Waals surface area (Å²) >= 11 is 0. The van der Waals surface area contributed by atoms with Crippen LogP contribution in [0.2, 0.25) is 0 Å². The largest absolute Gasteiger partial charge is 0.489 e. The fourth-order valence-corrected chi connectivity index (χ4v) is 3.63. The van der Waals surface area contributed by atoms with Crippen LogP contribution in [0.25, 0.3) is 0 Å². The summed E-state index contributed by atoms with van der Waals surface area (Å²) in [5, 5.41) is 0. The standard InChI is InChI=1S/C23H27FN2O3/c1-23(2)15-28-21-7-6-17(12-22(21)29-16-23)20(27)14-25-8-10-26(11-9-25)19-5-3-4-18(24)13-19/h3-7,12-13H,8-11,14-16H2,1-2H3. The van der Waals surface area contributed by atoms with E-state index in [0.29, 0.717) is 36.8 Å². The average molecular weight is 398 g/mol. The van der Waals surface area contributed by atoms with Gasteiger partial charge >= 0.3 is 0 Å². The maximum atomic E-state index is 13.4. The molecule has 2 aliphatic rings. The first-order valence-electron chi connectivity index (χ1n) is 10.1. The number of Topliss-reactive ketones (excluding diaryl/α,β-unsaturated/α-hetero) is 1. The molecule has 2 heterocycles. The molecule has 0 unspecified atom stereocenters. The number of anilines is 1. The second-order valence-corrected chi connectivity index (χ2v) is 8.57. The van der Waals surface area contributed by atoms with Gasteiger partial charge in [-0.15, -0.1) is 0 Å². The number of hydrogen-bond acceptors (Lipinski definition) is 5. The van der Waals surface area contributed by atoms with Crippen LogP contribution in [0.1, 0.15) is 24.2 Å². The van der Waals surface area contributed by atoms with Crippen molar-refractivity contribution >= 4 is 11.5 Å². The molecule has 2 aliphatic heterocycles. The molecule has 0 aliphatic carbocycles. The van der Waals surface area contributed by atoms with E-state index in [1.165, 1.54) is 6.07 Å². The van der Waals surface area contributed by atoms with Gasteiger partial charge in [-0.1, -0.05) is 19.9 Å². The number of nitrogens with zero attached hydrogens (tertiary/aromatic N) is 2. The van der Waals surface area contributed by atoms with Crippen molar-refractivity contribution in [3.63, 3.8) is 0 Å². The van der Waals surface area contributed by atoms with Crippen molar-refractivity contribution in [2.24, 2.45) is 5.41 Å². The van der Waals surface area contributed by atoms with Crippen molar-refractivity contribution in [1.29, 1.82) is 0 Å². The average Bonchev–Trinajstić information content (AvgIpc) is 2.86. The van der Waals surface area contributed by atoms with E-state index in [9.17, 15) is 9.18 Å². The smallest absolute Gasteiger partial charge is 0.176 e. The highest BCUT2D eigenvalue weighted by atomic mass is 19.1. The first kappa shape index (κ1) is 19.7. The lowest BCUT2D eigenvalue weighted by atomic mass is 9.97. The highest BCUT2D eigenvalue weighted by molar-refractivity contribution is 5.98. The van der Waals surface area contributed by atoms with Crippen molar-refractivity contribution in [2.75, 3.05) is 50.8 Å². The Balaban J connectivity index is 1.35. The van der Waals surface area contributed by atoms with E-state index in [0.717, 1.165) is 31.9 Å². The zero-order valence-corrected chi connectivity index (χ0v) is 17.0. The molecule has 0 aromatic heterocycles. The lowest BCUT2D eigenvalue weighted by Crippen LogP contribution is -2.48. The van der Waals surface area contributed by atoms with Crippen LogP contribution in [-0.4, -0.2) is 56.6 Å². The van der Waals surface area contributed by atoms with E-state index >= 15 is 0 Å². The normalized spacial score (nSPS) is 18.9. The summed E-state index contributed by atoms with van der Waals surface area (Å²) in [7, 11) is 0. The Morgan fingerprint density at radius 2 is 1.72 bits per heavy atom. The molecule has 29 heavy (non-hydrogen) atoms. The second-order valence-electron chi connectivity index (χ2n) is 8.57. The van der Waals surface area contributed by atoms with Crippen LogP contribution in [0.5, 0.6) is 11.5 Å². The number of rotatable bonds is 4. The van der Waals surface area contributed by atoms with Crippen LogP contribution in [0.3, 0.4) is 0 Å². The molecule has 6 heteroatoms. The maximum absolute atomic E-state index is 13.4. The van der Waals surface area contributed by atoms with Crippen LogP contribution in [0.15, 0.2) is 42.5 Å². The van der Waals surface area contributed by atoms with Gasteiger partial charge in [-0.3, -0.25) is 9.69 Å². The molecule has 5 nitrogen and oxygen atoms in total. The number of benzene rings is 2. The second kappa shape index (κ2) is 8.03. The van der Waals surface area contributed by atoms with Gasteiger partial charge in [0.25, 0.3) is 0 Å². The van der Waals surface area contributed by atoms with Gasteiger partial charge in [-0.05, 0) is 36.4 Å². The van der Waals surface area contributed by atoms with Crippen LogP contribution >= 0.6 is 0 Å². The Morgan fingerprint density at radius 3 is 2.45 bits per heavy atom. The maximum Gasteiger partial charge on any atom is 0.176 e. The van der Waals surface area contributed by atoms with Crippen LogP contribution in [0, 0.1) is 11.2 Å². The van der Waals surface area contributed by atoms with Gasteiger partial charge in [-0.2, -0.15) is 0 Å². The van der Waals surface area contributed by atoms with Gasteiger partial charge in [0.05, 0.1) is 19.8 Å². The quantitative estimate of drug-likeness (QED) is 0.736. The number of ether oxygens (including phenoxy) is 2. The van der Waals surface area contributed by atoms with Gasteiger partial charge in [0.15, 0.2) is 17.3 Å². The fraction of sp³-hybridized carbons (Fsp3) is 0.435. The molecular formula is C23H27FN2O3. The molecule has 0 amide bonds. The molecule has 0 N–H and O–H groups in total. The number of carbonyl (C=O) groups is 1. The highest BCUT2D eigenvalue weighted by Gasteiger charge is 2.26. The van der Waals surface area contributed by atoms with E-state index in [4.69, 9.17) is 9.47 Å². The van der Waals surface area contributed by atoms with E-state index in [2.05, 4.69) is 23.6 Å². The van der Waals surface area contributed by atoms with Crippen LogP contribution in [-0.2, 0) is 0 Å². The van der Waals surface area contributed by atoms with Gasteiger partial charge in [0, 0.05) is 42.8 Å². The zero-order chi connectivity index (χ0) is 20.4. The molecule has 2 aromatic rings. The lowest BCUT2D eigenvalue weighted by Gasteiger charge is -2.35. The zero-order valence-electron chi connectivity index (χ0n) is 17.0. The molecule has 0 atom stereocenters. The van der Waals surface area contributed by atoms with Crippen molar-refractivity contribution < 1.29 is 18.7 Å². The third kappa shape index (κ3) is 4.70. The molecular weight excluding hydrogens is 371 g/mol. The fourth-order valence-electron chi connectivity index (χ4n) is 3.63. The Kier molecular flexibility index (Phi) is 5.46. The van der Waals surface area contributed by atoms with E-state index in [1.54, 1.807) is 18.2 Å². The third-order valence-electron chi connectivity index (χ3n) is 5.42. The van der Waals surface area contributed by atoms with E-state index < -0.39 is 0 Å². The summed E-state index contributed by atoms with van der Waals surface area (Å²) in [5.41, 5.74) is 1.46. The molecule has 0 radical (unpaired) electrons. The summed E-state index contributed by atoms with van der Waals surface area (Å²) in [4.78, 5) is 17.1. The van der Waals surface area contributed by atoms with Crippen LogP contribution < -0.4 is 14.4 Å². The molecule has 2 aromatic carbocycles. The minimum Gasteiger partial charge on any atom is -0.489 e. The number of carbonyl (C=O) groups excluding carboxylic acids is 1. The predicted octanol–water partition coefficient (Wildman–Crippen LogP) is 3.63. The first-order chi connectivity index (χ1) is 13.9. The summed E-state index contributed by atoms with van der Waals surface area (Å²) in [5.74, 6) is 1.17. The topological polar surface area (TPSA) is 42.0 Å². The van der Waals surface area contributed by atoms with E-state index in [-0.39, 0.29) is 17.0 Å².